The Labute approximate surface area is 77.5 Å². The first kappa shape index (κ1) is 7.25. The van der Waals surface area contributed by atoms with E-state index in [9.17, 15) is 0 Å². The Balaban J connectivity index is 2.96. The summed E-state index contributed by atoms with van der Waals surface area (Å²) in [4.78, 5) is 0. The van der Waals surface area contributed by atoms with Crippen LogP contribution in [0.5, 0.6) is 0 Å². The highest BCUT2D eigenvalue weighted by Gasteiger charge is 2.03. The second-order valence-corrected chi connectivity index (χ2v) is 3.71. The Bertz CT molecular complexity index is 364. The predicted molar refractivity (Wildman–Crippen MR) is 53.3 cm³/mol. The average molecular weight is 227 g/mol. The smallest absolute Gasteiger partial charge is 0.142 e. The van der Waals surface area contributed by atoms with Crippen molar-refractivity contribution in [1.29, 1.82) is 0 Å². The zero-order valence-corrected chi connectivity index (χ0v) is 8.24. The lowest BCUT2D eigenvalue weighted by Crippen LogP contribution is -2.02. The zero-order valence-electron chi connectivity index (χ0n) is 5.84. The molecule has 2 nitrogen and oxygen atoms in total. The van der Waals surface area contributed by atoms with Crippen molar-refractivity contribution in [2.24, 2.45) is 0 Å². The summed E-state index contributed by atoms with van der Waals surface area (Å²) in [5, 5.41) is 0. The highest BCUT2D eigenvalue weighted by atomic mass is 79.9. The van der Waals surface area contributed by atoms with Gasteiger partial charge in [0.05, 0.1) is 17.2 Å². The van der Waals surface area contributed by atoms with Crippen molar-refractivity contribution >= 4 is 52.0 Å². The molecule has 0 N–H and O–H groups in total. The van der Waals surface area contributed by atoms with Gasteiger partial charge in [-0.2, -0.15) is 8.75 Å². The molecule has 1 heterocycles. The third-order valence-corrected chi connectivity index (χ3v) is 2.74. The first-order valence-electron chi connectivity index (χ1n) is 3.16. The molecule has 2 aromatic rings. The second-order valence-electron chi connectivity index (χ2n) is 2.33. The van der Waals surface area contributed by atoms with E-state index in [0.717, 1.165) is 15.5 Å². The van der Waals surface area contributed by atoms with E-state index in [4.69, 9.17) is 0 Å². The molecule has 54 valence electrons. The van der Waals surface area contributed by atoms with Crippen LogP contribution in [0.25, 0.3) is 11.0 Å². The van der Waals surface area contributed by atoms with Gasteiger partial charge in [-0.25, -0.2) is 0 Å². The number of benzene rings is 1. The summed E-state index contributed by atoms with van der Waals surface area (Å²) in [7, 11) is 2.04. The molecule has 0 fully saturated rings. The Morgan fingerprint density at radius 3 is 2.73 bits per heavy atom. The van der Waals surface area contributed by atoms with Gasteiger partial charge >= 0.3 is 0 Å². The zero-order chi connectivity index (χ0) is 7.84. The third-order valence-electron chi connectivity index (χ3n) is 1.57. The van der Waals surface area contributed by atoms with Crippen LogP contribution in [0, 0.1) is 0 Å². The normalized spacial score (nSPS) is 10.6. The van der Waals surface area contributed by atoms with Crippen molar-refractivity contribution in [2.45, 2.75) is 0 Å². The van der Waals surface area contributed by atoms with E-state index >= 15 is 0 Å². The maximum Gasteiger partial charge on any atom is 0.142 e. The molecule has 0 saturated heterocycles. The van der Waals surface area contributed by atoms with E-state index in [0.29, 0.717) is 0 Å². The molecule has 0 spiro atoms. The maximum absolute atomic E-state index is 4.18. The molecular formula is C6H4BBrN2S. The summed E-state index contributed by atoms with van der Waals surface area (Å²) < 4.78 is 9.36. The van der Waals surface area contributed by atoms with Gasteiger partial charge in [0.2, 0.25) is 0 Å². The number of aromatic nitrogens is 2. The summed E-state index contributed by atoms with van der Waals surface area (Å²) in [6.45, 7) is 0. The molecular weight excluding hydrogens is 223 g/mol. The van der Waals surface area contributed by atoms with E-state index in [1.165, 1.54) is 17.2 Å². The fourth-order valence-electron chi connectivity index (χ4n) is 0.960. The maximum atomic E-state index is 4.18. The molecule has 2 rings (SSSR count). The van der Waals surface area contributed by atoms with Gasteiger partial charge in [0.1, 0.15) is 13.4 Å². The lowest BCUT2D eigenvalue weighted by molar-refractivity contribution is 1.63. The number of fused-ring (bicyclic) bond motifs is 1. The molecule has 0 amide bonds. The summed E-state index contributed by atoms with van der Waals surface area (Å²) >= 11 is 4.67. The van der Waals surface area contributed by atoms with E-state index in [2.05, 4.69) is 24.7 Å². The lowest BCUT2D eigenvalue weighted by atomic mass is 9.95. The standard InChI is InChI=1S/C6H4BBrN2S/c7-3-1-2-4(8)6-5(3)9-11-10-6/h1-2H,7H2. The van der Waals surface area contributed by atoms with Crippen LogP contribution in [-0.4, -0.2) is 16.6 Å². The van der Waals surface area contributed by atoms with Crippen molar-refractivity contribution in [2.75, 3.05) is 0 Å². The first-order valence-corrected chi connectivity index (χ1v) is 4.69. The third kappa shape index (κ3) is 1.08. The quantitative estimate of drug-likeness (QED) is 0.619. The topological polar surface area (TPSA) is 25.8 Å². The summed E-state index contributed by atoms with van der Waals surface area (Å²) in [5.74, 6) is 0. The molecule has 1 aromatic heterocycles. The average Bonchev–Trinajstić information content (AvgIpc) is 2.45. The number of hydrogen-bond donors (Lipinski definition) is 0. The number of hydrogen-bond acceptors (Lipinski definition) is 3. The fraction of sp³-hybridized carbons (Fsp3) is 0. The molecule has 0 bridgehead atoms. The first-order chi connectivity index (χ1) is 5.29. The minimum atomic E-state index is 0.968. The monoisotopic (exact) mass is 226 g/mol. The Morgan fingerprint density at radius 2 is 2.00 bits per heavy atom. The molecule has 0 saturated carbocycles. The highest BCUT2D eigenvalue weighted by molar-refractivity contribution is 9.10. The van der Waals surface area contributed by atoms with Crippen LogP contribution in [0.4, 0.5) is 0 Å². The molecule has 0 unspecified atom stereocenters. The van der Waals surface area contributed by atoms with Crippen LogP contribution < -0.4 is 5.46 Å². The SMILES string of the molecule is Bc1ccc(Br)c2nsnc12. The van der Waals surface area contributed by atoms with Crippen molar-refractivity contribution in [1.82, 2.24) is 8.75 Å². The number of nitrogens with zero attached hydrogens (tertiary/aromatic N) is 2. The van der Waals surface area contributed by atoms with Gasteiger partial charge in [-0.15, -0.1) is 0 Å². The molecule has 1 aromatic carbocycles. The minimum absolute atomic E-state index is 0.968. The Hall–Kier alpha value is -0.415. The van der Waals surface area contributed by atoms with Gasteiger partial charge in [0, 0.05) is 4.47 Å². The van der Waals surface area contributed by atoms with Gasteiger partial charge in [0.25, 0.3) is 0 Å². The van der Waals surface area contributed by atoms with Crippen molar-refractivity contribution in [3.05, 3.63) is 16.6 Å². The molecule has 0 radical (unpaired) electrons. The molecule has 0 aliphatic heterocycles. The number of halogens is 1. The van der Waals surface area contributed by atoms with E-state index < -0.39 is 0 Å². The summed E-state index contributed by atoms with van der Waals surface area (Å²) in [6, 6.07) is 4.03. The van der Waals surface area contributed by atoms with Gasteiger partial charge in [-0.1, -0.05) is 11.5 Å². The minimum Gasteiger partial charge on any atom is -0.174 e. The van der Waals surface area contributed by atoms with Crippen molar-refractivity contribution in [3.63, 3.8) is 0 Å². The largest absolute Gasteiger partial charge is 0.174 e. The van der Waals surface area contributed by atoms with Crippen LogP contribution >= 0.6 is 27.7 Å². The summed E-state index contributed by atoms with van der Waals surface area (Å²) in [5.41, 5.74) is 3.15. The predicted octanol–water partition coefficient (Wildman–Crippen LogP) is 0.712. The second kappa shape index (κ2) is 2.57. The molecule has 0 atom stereocenters. The van der Waals surface area contributed by atoms with Gasteiger partial charge in [-0.05, 0) is 22.0 Å². The molecule has 0 aliphatic carbocycles. The van der Waals surface area contributed by atoms with E-state index in [1.54, 1.807) is 0 Å². The Kier molecular flexibility index (Phi) is 1.69. The number of rotatable bonds is 0. The fourth-order valence-corrected chi connectivity index (χ4v) is 2.11. The highest BCUT2D eigenvalue weighted by Crippen LogP contribution is 2.19. The van der Waals surface area contributed by atoms with Gasteiger partial charge < -0.3 is 0 Å². The molecule has 11 heavy (non-hydrogen) atoms. The molecule has 0 aliphatic rings. The summed E-state index contributed by atoms with van der Waals surface area (Å²) in [6.07, 6.45) is 0. The van der Waals surface area contributed by atoms with Crippen molar-refractivity contribution < 1.29 is 0 Å². The van der Waals surface area contributed by atoms with Crippen LogP contribution in [0.3, 0.4) is 0 Å². The molecule has 5 heteroatoms. The van der Waals surface area contributed by atoms with Crippen LogP contribution in [0.15, 0.2) is 16.6 Å². The lowest BCUT2D eigenvalue weighted by Gasteiger charge is -1.93. The van der Waals surface area contributed by atoms with Crippen LogP contribution in [0.2, 0.25) is 0 Å². The van der Waals surface area contributed by atoms with E-state index in [1.807, 2.05) is 20.0 Å². The van der Waals surface area contributed by atoms with Crippen LogP contribution in [-0.2, 0) is 0 Å². The van der Waals surface area contributed by atoms with Gasteiger partial charge in [0.15, 0.2) is 0 Å². The Morgan fingerprint density at radius 1 is 1.27 bits per heavy atom. The van der Waals surface area contributed by atoms with Crippen molar-refractivity contribution in [3.8, 4) is 0 Å². The van der Waals surface area contributed by atoms with E-state index in [-0.39, 0.29) is 0 Å². The van der Waals surface area contributed by atoms with Gasteiger partial charge in [-0.3, -0.25) is 0 Å². The van der Waals surface area contributed by atoms with Crippen LogP contribution in [0.1, 0.15) is 0 Å².